The molecule has 0 amide bonds. The molecule has 120 valence electrons. The second-order valence-corrected chi connectivity index (χ2v) is 6.67. The van der Waals surface area contributed by atoms with Crippen molar-refractivity contribution in [2.75, 3.05) is 0 Å². The summed E-state index contributed by atoms with van der Waals surface area (Å²) >= 11 is 0. The van der Waals surface area contributed by atoms with Gasteiger partial charge in [-0.3, -0.25) is 4.79 Å². The lowest BCUT2D eigenvalue weighted by Crippen LogP contribution is -2.12. The fourth-order valence-electron chi connectivity index (χ4n) is 2.01. The Balaban J connectivity index is 2.30. The van der Waals surface area contributed by atoms with Crippen LogP contribution in [-0.4, -0.2) is 19.2 Å². The van der Waals surface area contributed by atoms with Crippen LogP contribution in [0.15, 0.2) is 47.4 Å². The lowest BCUT2D eigenvalue weighted by molar-refractivity contribution is -0.112. The molecule has 1 heterocycles. The molecule has 0 radical (unpaired) electrons. The lowest BCUT2D eigenvalue weighted by Gasteiger charge is -2.09. The lowest BCUT2D eigenvalue weighted by atomic mass is 10.2. The molecule has 5 nitrogen and oxygen atoms in total. The van der Waals surface area contributed by atoms with Crippen LogP contribution in [0.25, 0.3) is 6.08 Å². The third-order valence-electron chi connectivity index (χ3n) is 3.03. The number of rotatable bonds is 5. The van der Waals surface area contributed by atoms with Crippen LogP contribution >= 0.6 is 0 Å². The quantitative estimate of drug-likeness (QED) is 0.622. The van der Waals surface area contributed by atoms with E-state index in [4.69, 9.17) is 4.18 Å². The predicted molar refractivity (Wildman–Crippen MR) is 87.7 cm³/mol. The van der Waals surface area contributed by atoms with Crippen molar-refractivity contribution < 1.29 is 17.4 Å². The van der Waals surface area contributed by atoms with Crippen molar-refractivity contribution in [2.24, 2.45) is 0 Å². The highest BCUT2D eigenvalue weighted by atomic mass is 32.2. The maximum absolute atomic E-state index is 12.4. The number of ketones is 1. The summed E-state index contributed by atoms with van der Waals surface area (Å²) in [4.78, 5) is 15.1. The minimum absolute atomic E-state index is 0.0457. The van der Waals surface area contributed by atoms with E-state index in [1.165, 1.54) is 31.2 Å². The van der Waals surface area contributed by atoms with Gasteiger partial charge in [0.15, 0.2) is 5.78 Å². The number of carbonyl (C=O) groups is 1. The monoisotopic (exact) mass is 331 g/mol. The average molecular weight is 331 g/mol. The van der Waals surface area contributed by atoms with Crippen molar-refractivity contribution in [2.45, 2.75) is 25.7 Å². The molecule has 0 unspecified atom stereocenters. The molecule has 23 heavy (non-hydrogen) atoms. The number of nitrogens with zero attached hydrogens (tertiary/aromatic N) is 1. The molecule has 0 atom stereocenters. The van der Waals surface area contributed by atoms with Crippen LogP contribution in [0.5, 0.6) is 5.88 Å². The first kappa shape index (κ1) is 16.9. The molecule has 2 aromatic rings. The fraction of sp³-hybridized carbons (Fsp3) is 0.176. The van der Waals surface area contributed by atoms with Crippen LogP contribution in [0.1, 0.15) is 23.7 Å². The molecule has 0 spiro atoms. The first-order valence-corrected chi connectivity index (χ1v) is 8.36. The van der Waals surface area contributed by atoms with Crippen molar-refractivity contribution in [3.8, 4) is 5.88 Å². The topological polar surface area (TPSA) is 73.3 Å². The van der Waals surface area contributed by atoms with E-state index in [2.05, 4.69) is 4.98 Å². The van der Waals surface area contributed by atoms with Crippen molar-refractivity contribution in [3.63, 3.8) is 0 Å². The Morgan fingerprint density at radius 2 is 1.91 bits per heavy atom. The summed E-state index contributed by atoms with van der Waals surface area (Å²) in [6, 6.07) is 9.71. The zero-order valence-electron chi connectivity index (χ0n) is 13.1. The van der Waals surface area contributed by atoms with Crippen molar-refractivity contribution in [3.05, 3.63) is 59.3 Å². The van der Waals surface area contributed by atoms with E-state index in [-0.39, 0.29) is 16.6 Å². The molecule has 6 heteroatoms. The summed E-state index contributed by atoms with van der Waals surface area (Å²) in [6.07, 6.45) is 2.85. The smallest absolute Gasteiger partial charge is 0.340 e. The molecule has 0 aliphatic heterocycles. The number of aromatic nitrogens is 1. The normalized spacial score (nSPS) is 11.6. The Morgan fingerprint density at radius 1 is 1.17 bits per heavy atom. The van der Waals surface area contributed by atoms with E-state index in [1.807, 2.05) is 6.92 Å². The molecule has 0 aliphatic carbocycles. The Morgan fingerprint density at radius 3 is 2.57 bits per heavy atom. The molecule has 0 saturated heterocycles. The molecule has 0 saturated carbocycles. The zero-order chi connectivity index (χ0) is 17.0. The minimum Gasteiger partial charge on any atom is -0.358 e. The molecule has 2 rings (SSSR count). The van der Waals surface area contributed by atoms with Crippen molar-refractivity contribution >= 4 is 22.0 Å². The molecule has 0 aliphatic rings. The summed E-state index contributed by atoms with van der Waals surface area (Å²) in [6.45, 7) is 5.01. The van der Waals surface area contributed by atoms with Gasteiger partial charge in [0.1, 0.15) is 4.90 Å². The fourth-order valence-corrected chi connectivity index (χ4v) is 3.11. The van der Waals surface area contributed by atoms with Gasteiger partial charge in [-0.2, -0.15) is 8.42 Å². The average Bonchev–Trinajstić information content (AvgIpc) is 2.44. The van der Waals surface area contributed by atoms with Gasteiger partial charge in [0.25, 0.3) is 0 Å². The predicted octanol–water partition coefficient (Wildman–Crippen LogP) is 3.07. The van der Waals surface area contributed by atoms with Gasteiger partial charge >= 0.3 is 10.1 Å². The number of hydrogen-bond donors (Lipinski definition) is 0. The molecule has 0 N–H and O–H groups in total. The number of aryl methyl sites for hydroxylation is 2. The van der Waals surface area contributed by atoms with Crippen LogP contribution in [0.4, 0.5) is 0 Å². The Kier molecular flexibility index (Phi) is 4.95. The molecule has 1 aromatic heterocycles. The summed E-state index contributed by atoms with van der Waals surface area (Å²) in [5, 5.41) is 0. The van der Waals surface area contributed by atoms with E-state index in [0.717, 1.165) is 5.56 Å². The first-order valence-electron chi connectivity index (χ1n) is 6.95. The Labute approximate surface area is 135 Å². The van der Waals surface area contributed by atoms with E-state index >= 15 is 0 Å². The highest BCUT2D eigenvalue weighted by Gasteiger charge is 2.19. The Bertz CT molecular complexity index is 870. The van der Waals surface area contributed by atoms with Crippen LogP contribution in [0.2, 0.25) is 0 Å². The second kappa shape index (κ2) is 6.75. The largest absolute Gasteiger partial charge is 0.358 e. The molecular formula is C17H17NO4S. The first-order chi connectivity index (χ1) is 10.8. The van der Waals surface area contributed by atoms with Gasteiger partial charge in [0.2, 0.25) is 5.88 Å². The van der Waals surface area contributed by atoms with Crippen LogP contribution in [-0.2, 0) is 14.9 Å². The summed E-state index contributed by atoms with van der Waals surface area (Å²) < 4.78 is 29.9. The van der Waals surface area contributed by atoms with E-state index in [9.17, 15) is 13.2 Å². The molecule has 0 fully saturated rings. The van der Waals surface area contributed by atoms with Crippen molar-refractivity contribution in [1.82, 2.24) is 4.98 Å². The summed E-state index contributed by atoms with van der Waals surface area (Å²) in [5.41, 5.74) is 2.02. The Hall–Kier alpha value is -2.47. The van der Waals surface area contributed by atoms with E-state index in [1.54, 1.807) is 31.2 Å². The van der Waals surface area contributed by atoms with E-state index < -0.39 is 10.1 Å². The van der Waals surface area contributed by atoms with Crippen molar-refractivity contribution in [1.29, 1.82) is 0 Å². The van der Waals surface area contributed by atoms with Gasteiger partial charge in [-0.05, 0) is 50.6 Å². The number of allylic oxidation sites excluding steroid dienone is 1. The molecular weight excluding hydrogens is 314 g/mol. The number of pyridine rings is 1. The third kappa shape index (κ3) is 4.50. The maximum Gasteiger partial charge on any atom is 0.340 e. The maximum atomic E-state index is 12.4. The van der Waals surface area contributed by atoms with E-state index in [0.29, 0.717) is 11.3 Å². The summed E-state index contributed by atoms with van der Waals surface area (Å²) in [7, 11) is -3.96. The van der Waals surface area contributed by atoms with Crippen LogP contribution in [0, 0.1) is 13.8 Å². The highest BCUT2D eigenvalue weighted by Crippen LogP contribution is 2.21. The minimum atomic E-state index is -3.96. The highest BCUT2D eigenvalue weighted by molar-refractivity contribution is 7.87. The van der Waals surface area contributed by atoms with Gasteiger partial charge in [0.05, 0.1) is 5.69 Å². The van der Waals surface area contributed by atoms with Gasteiger partial charge in [0, 0.05) is 6.07 Å². The third-order valence-corrected chi connectivity index (χ3v) is 4.42. The standard InChI is InChI=1S/C17H17NO4S/c1-12-7-10-16(13(2)11-12)23(20,21)22-17-6-4-5-15(18-17)9-8-14(3)19/h4-11H,1-3H3. The molecule has 0 bridgehead atoms. The van der Waals surface area contributed by atoms with Crippen LogP contribution in [0.3, 0.4) is 0 Å². The second-order valence-electron chi connectivity index (χ2n) is 5.15. The van der Waals surface area contributed by atoms with Gasteiger partial charge in [-0.15, -0.1) is 0 Å². The molecule has 1 aromatic carbocycles. The number of benzene rings is 1. The SMILES string of the molecule is CC(=O)C=Cc1cccc(OS(=O)(=O)c2ccc(C)cc2C)n1. The number of hydrogen-bond acceptors (Lipinski definition) is 5. The van der Waals surface area contributed by atoms with Crippen LogP contribution < -0.4 is 4.18 Å². The van der Waals surface area contributed by atoms with Gasteiger partial charge in [-0.25, -0.2) is 4.98 Å². The summed E-state index contributed by atoms with van der Waals surface area (Å²) in [5.74, 6) is -0.170. The van der Waals surface area contributed by atoms with Gasteiger partial charge in [-0.1, -0.05) is 23.8 Å². The van der Waals surface area contributed by atoms with Gasteiger partial charge < -0.3 is 4.18 Å². The number of carbonyl (C=O) groups excluding carboxylic acids is 1. The zero-order valence-corrected chi connectivity index (χ0v) is 13.9.